The van der Waals surface area contributed by atoms with Gasteiger partial charge in [0.15, 0.2) is 0 Å². The van der Waals surface area contributed by atoms with Gasteiger partial charge >= 0.3 is 0 Å². The molecular weight excluding hydrogens is 335 g/mol. The van der Waals surface area contributed by atoms with Gasteiger partial charge in [0.05, 0.1) is 0 Å². The summed E-state index contributed by atoms with van der Waals surface area (Å²) in [5.74, 6) is -0.248. The van der Waals surface area contributed by atoms with Crippen molar-refractivity contribution >= 4 is 26.0 Å². The summed E-state index contributed by atoms with van der Waals surface area (Å²) in [7, 11) is -3.77. The molecule has 1 fully saturated rings. The highest BCUT2D eigenvalue weighted by Crippen LogP contribution is 2.19. The van der Waals surface area contributed by atoms with Gasteiger partial charge in [-0.1, -0.05) is 15.9 Å². The first kappa shape index (κ1) is 14.9. The number of rotatable bonds is 5. The third kappa shape index (κ3) is 3.98. The molecule has 1 aromatic rings. The monoisotopic (exact) mass is 350 g/mol. The summed E-state index contributed by atoms with van der Waals surface area (Å²) in [5.41, 5.74) is 0. The summed E-state index contributed by atoms with van der Waals surface area (Å²) < 4.78 is 40.5. The second-order valence-corrected chi connectivity index (χ2v) is 7.27. The molecule has 2 N–H and O–H groups in total. The number of nitrogens with one attached hydrogen (secondary N) is 2. The van der Waals surface area contributed by atoms with Crippen LogP contribution < -0.4 is 10.0 Å². The smallest absolute Gasteiger partial charge is 0.243 e. The minimum absolute atomic E-state index is 0.305. The Morgan fingerprint density at radius 3 is 2.89 bits per heavy atom. The largest absolute Gasteiger partial charge is 0.316 e. The van der Waals surface area contributed by atoms with Gasteiger partial charge in [-0.3, -0.25) is 0 Å². The van der Waals surface area contributed by atoms with Gasteiger partial charge in [0.25, 0.3) is 0 Å². The van der Waals surface area contributed by atoms with Crippen molar-refractivity contribution in [1.29, 1.82) is 0 Å². The lowest BCUT2D eigenvalue weighted by Crippen LogP contribution is -2.27. The molecule has 1 aliphatic heterocycles. The zero-order valence-electron chi connectivity index (χ0n) is 10.3. The fraction of sp³-hybridized carbons (Fsp3) is 0.500. The molecule has 0 spiro atoms. The van der Waals surface area contributed by atoms with Crippen LogP contribution in [0.3, 0.4) is 0 Å². The topological polar surface area (TPSA) is 58.2 Å². The summed E-state index contributed by atoms with van der Waals surface area (Å²) in [6, 6.07) is 3.92. The van der Waals surface area contributed by atoms with E-state index in [1.807, 2.05) is 0 Å². The van der Waals surface area contributed by atoms with E-state index in [1.165, 1.54) is 12.1 Å². The van der Waals surface area contributed by atoms with Gasteiger partial charge < -0.3 is 5.32 Å². The Morgan fingerprint density at radius 1 is 1.47 bits per heavy atom. The number of halogens is 2. The summed E-state index contributed by atoms with van der Waals surface area (Å²) in [6.07, 6.45) is 1.83. The average molecular weight is 351 g/mol. The predicted molar refractivity (Wildman–Crippen MR) is 74.9 cm³/mol. The van der Waals surface area contributed by atoms with Crippen LogP contribution in [0.15, 0.2) is 27.6 Å². The lowest BCUT2D eigenvalue weighted by molar-refractivity contribution is 0.515. The number of benzene rings is 1. The van der Waals surface area contributed by atoms with E-state index in [0.717, 1.165) is 32.0 Å². The first-order chi connectivity index (χ1) is 8.99. The first-order valence-electron chi connectivity index (χ1n) is 6.14. The highest BCUT2D eigenvalue weighted by atomic mass is 79.9. The van der Waals surface area contributed by atoms with Crippen molar-refractivity contribution in [3.63, 3.8) is 0 Å². The van der Waals surface area contributed by atoms with Crippen LogP contribution in [-0.4, -0.2) is 28.1 Å². The lowest BCUT2D eigenvalue weighted by atomic mass is 10.1. The molecule has 1 atom stereocenters. The number of hydrogen-bond donors (Lipinski definition) is 2. The van der Waals surface area contributed by atoms with Gasteiger partial charge in [-0.15, -0.1) is 0 Å². The highest BCUT2D eigenvalue weighted by Gasteiger charge is 2.20. The van der Waals surface area contributed by atoms with Gasteiger partial charge in [-0.05, 0) is 50.0 Å². The van der Waals surface area contributed by atoms with Gasteiger partial charge in [0, 0.05) is 11.0 Å². The normalized spacial score (nSPS) is 19.8. The second kappa shape index (κ2) is 6.30. The predicted octanol–water partition coefficient (Wildman–Crippen LogP) is 1.87. The summed E-state index contributed by atoms with van der Waals surface area (Å²) >= 11 is 3.10. The maximum atomic E-state index is 13.6. The van der Waals surface area contributed by atoms with E-state index >= 15 is 0 Å². The maximum Gasteiger partial charge on any atom is 0.243 e. The van der Waals surface area contributed by atoms with Crippen molar-refractivity contribution in [3.8, 4) is 0 Å². The first-order valence-corrected chi connectivity index (χ1v) is 8.42. The zero-order valence-corrected chi connectivity index (χ0v) is 12.7. The zero-order chi connectivity index (χ0) is 13.9. The Morgan fingerprint density at radius 2 is 2.26 bits per heavy atom. The van der Waals surface area contributed by atoms with Crippen LogP contribution in [0.4, 0.5) is 4.39 Å². The Bertz CT molecular complexity index is 545. The van der Waals surface area contributed by atoms with E-state index in [2.05, 4.69) is 26.0 Å². The lowest BCUT2D eigenvalue weighted by Gasteiger charge is -2.10. The molecule has 1 heterocycles. The fourth-order valence-corrected chi connectivity index (χ4v) is 3.57. The molecule has 1 unspecified atom stereocenters. The SMILES string of the molecule is O=S(=O)(NCCC1CCNC1)c1ccc(Br)cc1F. The number of hydrogen-bond acceptors (Lipinski definition) is 3. The molecule has 106 valence electrons. The van der Waals surface area contributed by atoms with Gasteiger partial charge in [-0.2, -0.15) is 0 Å². The van der Waals surface area contributed by atoms with E-state index in [9.17, 15) is 12.8 Å². The van der Waals surface area contributed by atoms with Crippen LogP contribution in [0.25, 0.3) is 0 Å². The average Bonchev–Trinajstić information content (AvgIpc) is 2.81. The van der Waals surface area contributed by atoms with Crippen molar-refractivity contribution in [1.82, 2.24) is 10.0 Å². The van der Waals surface area contributed by atoms with Crippen molar-refractivity contribution in [2.24, 2.45) is 5.92 Å². The minimum Gasteiger partial charge on any atom is -0.316 e. The third-order valence-corrected chi connectivity index (χ3v) is 5.18. The molecule has 0 radical (unpaired) electrons. The number of sulfonamides is 1. The molecule has 19 heavy (non-hydrogen) atoms. The Hall–Kier alpha value is -0.500. The molecule has 1 aromatic carbocycles. The molecule has 0 amide bonds. The fourth-order valence-electron chi connectivity index (χ4n) is 2.13. The standard InChI is InChI=1S/C12H16BrFN2O2S/c13-10-1-2-12(11(14)7-10)19(17,18)16-6-4-9-3-5-15-8-9/h1-2,7,9,15-16H,3-6,8H2. The van der Waals surface area contributed by atoms with Crippen LogP contribution in [0.5, 0.6) is 0 Å². The van der Waals surface area contributed by atoms with Crippen molar-refractivity contribution < 1.29 is 12.8 Å². The molecule has 4 nitrogen and oxygen atoms in total. The Labute approximate surface area is 121 Å². The Kier molecular flexibility index (Phi) is 4.94. The molecule has 0 aromatic heterocycles. The van der Waals surface area contributed by atoms with Crippen LogP contribution in [0.2, 0.25) is 0 Å². The highest BCUT2D eigenvalue weighted by molar-refractivity contribution is 9.10. The molecule has 0 aliphatic carbocycles. The van der Waals surface area contributed by atoms with E-state index in [4.69, 9.17) is 0 Å². The van der Waals surface area contributed by atoms with E-state index in [0.29, 0.717) is 16.9 Å². The van der Waals surface area contributed by atoms with Crippen molar-refractivity contribution in [3.05, 3.63) is 28.5 Å². The summed E-state index contributed by atoms with van der Waals surface area (Å²) in [5, 5.41) is 3.22. The molecule has 7 heteroatoms. The molecule has 1 saturated heterocycles. The quantitative estimate of drug-likeness (QED) is 0.852. The summed E-state index contributed by atoms with van der Waals surface area (Å²) in [4.78, 5) is -0.305. The third-order valence-electron chi connectivity index (χ3n) is 3.19. The van der Waals surface area contributed by atoms with Crippen LogP contribution >= 0.6 is 15.9 Å². The van der Waals surface area contributed by atoms with Crippen LogP contribution in [0.1, 0.15) is 12.8 Å². The van der Waals surface area contributed by atoms with Crippen LogP contribution in [0, 0.1) is 11.7 Å². The van der Waals surface area contributed by atoms with Gasteiger partial charge in [0.1, 0.15) is 10.7 Å². The molecule has 0 bridgehead atoms. The summed E-state index contributed by atoms with van der Waals surface area (Å²) in [6.45, 7) is 2.25. The van der Waals surface area contributed by atoms with E-state index in [-0.39, 0.29) is 4.90 Å². The van der Waals surface area contributed by atoms with Crippen molar-refractivity contribution in [2.75, 3.05) is 19.6 Å². The second-order valence-electron chi connectivity index (χ2n) is 4.62. The van der Waals surface area contributed by atoms with Gasteiger partial charge in [0.2, 0.25) is 10.0 Å². The maximum absolute atomic E-state index is 13.6. The van der Waals surface area contributed by atoms with E-state index in [1.54, 1.807) is 0 Å². The minimum atomic E-state index is -3.77. The molecule has 2 rings (SSSR count). The van der Waals surface area contributed by atoms with E-state index < -0.39 is 15.8 Å². The van der Waals surface area contributed by atoms with Gasteiger partial charge in [-0.25, -0.2) is 17.5 Å². The van der Waals surface area contributed by atoms with Crippen molar-refractivity contribution in [2.45, 2.75) is 17.7 Å². The van der Waals surface area contributed by atoms with Crippen LogP contribution in [-0.2, 0) is 10.0 Å². The Balaban J connectivity index is 1.97. The molecule has 0 saturated carbocycles. The molecular formula is C12H16BrFN2O2S. The molecule has 1 aliphatic rings.